The van der Waals surface area contributed by atoms with Crippen molar-refractivity contribution in [3.05, 3.63) is 73.6 Å². The highest BCUT2D eigenvalue weighted by Gasteiger charge is 2.15. The third kappa shape index (κ3) is 5.47. The van der Waals surface area contributed by atoms with E-state index in [0.717, 1.165) is 5.56 Å². The Hall–Kier alpha value is -2.68. The highest BCUT2D eigenvalue weighted by Crippen LogP contribution is 2.17. The second-order valence-corrected chi connectivity index (χ2v) is 7.09. The van der Waals surface area contributed by atoms with Crippen LogP contribution in [0.2, 0.25) is 0 Å². The van der Waals surface area contributed by atoms with Crippen LogP contribution in [0.1, 0.15) is 53.0 Å². The largest absolute Gasteiger partial charge is 0.349 e. The summed E-state index contributed by atoms with van der Waals surface area (Å²) in [7, 11) is 0. The molecule has 0 saturated carbocycles. The van der Waals surface area contributed by atoms with Crippen molar-refractivity contribution in [1.29, 1.82) is 0 Å². The Labute approximate surface area is 185 Å². The summed E-state index contributed by atoms with van der Waals surface area (Å²) in [5.74, 6) is 0.00579. The number of rotatable bonds is 5. The minimum Gasteiger partial charge on any atom is -0.349 e. The van der Waals surface area contributed by atoms with E-state index in [2.05, 4.69) is 34.1 Å². The second-order valence-electron chi connectivity index (χ2n) is 7.09. The number of nitrogens with zero attached hydrogens (tertiary/aromatic N) is 1. The summed E-state index contributed by atoms with van der Waals surface area (Å²) in [6.07, 6.45) is 0. The molecule has 162 valence electrons. The number of hydrogen-bond acceptors (Lipinski definition) is 5. The van der Waals surface area contributed by atoms with Gasteiger partial charge in [0.2, 0.25) is 0 Å². The lowest BCUT2D eigenvalue weighted by Gasteiger charge is -2.15. The fourth-order valence-corrected chi connectivity index (χ4v) is 3.01. The molecule has 10 heteroatoms. The Morgan fingerprint density at radius 2 is 1.70 bits per heavy atom. The highest BCUT2D eigenvalue weighted by molar-refractivity contribution is 5.95. The lowest BCUT2D eigenvalue weighted by atomic mass is 9.99. The van der Waals surface area contributed by atoms with Gasteiger partial charge >= 0.3 is 5.69 Å². The van der Waals surface area contributed by atoms with E-state index >= 15 is 0 Å². The number of carbonyl (C=O) groups is 1. The van der Waals surface area contributed by atoms with Gasteiger partial charge in [-0.3, -0.25) is 19.6 Å². The molecule has 0 fully saturated rings. The van der Waals surface area contributed by atoms with E-state index in [0.29, 0.717) is 11.5 Å². The molecule has 0 aliphatic rings. The fourth-order valence-electron chi connectivity index (χ4n) is 3.01. The van der Waals surface area contributed by atoms with Crippen LogP contribution in [-0.2, 0) is 0 Å². The number of aromatic amines is 2. The number of carbonyl (C=O) groups excluding carboxylic acids is 1. The molecular formula is C20H25Cl2N5O3. The molecule has 3 rings (SSSR count). The maximum atomic E-state index is 12.5. The number of fused-ring (bicyclic) bond motifs is 1. The smallest absolute Gasteiger partial charge is 0.327 e. The summed E-state index contributed by atoms with van der Waals surface area (Å²) in [6.45, 7) is 6.14. The van der Waals surface area contributed by atoms with Crippen LogP contribution < -0.4 is 22.3 Å². The number of amides is 1. The quantitative estimate of drug-likeness (QED) is 0.470. The first-order chi connectivity index (χ1) is 13.3. The highest BCUT2D eigenvalue weighted by atomic mass is 35.5. The van der Waals surface area contributed by atoms with Crippen LogP contribution in [0.4, 0.5) is 0 Å². The van der Waals surface area contributed by atoms with Crippen molar-refractivity contribution in [2.24, 2.45) is 5.73 Å². The molecule has 3 aromatic rings. The van der Waals surface area contributed by atoms with Crippen molar-refractivity contribution in [2.75, 3.05) is 6.54 Å². The van der Waals surface area contributed by atoms with Crippen LogP contribution in [0.3, 0.4) is 0 Å². The molecule has 1 amide bonds. The predicted octanol–water partition coefficient (Wildman–Crippen LogP) is 2.32. The topological polar surface area (TPSA) is 134 Å². The first kappa shape index (κ1) is 25.4. The monoisotopic (exact) mass is 453 g/mol. The zero-order valence-corrected chi connectivity index (χ0v) is 18.4. The van der Waals surface area contributed by atoms with Gasteiger partial charge in [-0.25, -0.2) is 9.78 Å². The molecule has 5 N–H and O–H groups in total. The van der Waals surface area contributed by atoms with Gasteiger partial charge in [0.25, 0.3) is 11.5 Å². The van der Waals surface area contributed by atoms with Gasteiger partial charge < -0.3 is 11.1 Å². The summed E-state index contributed by atoms with van der Waals surface area (Å²) in [6, 6.07) is 9.12. The van der Waals surface area contributed by atoms with Gasteiger partial charge in [0.05, 0.1) is 5.39 Å². The zero-order valence-electron chi connectivity index (χ0n) is 16.8. The molecule has 0 bridgehead atoms. The van der Waals surface area contributed by atoms with Gasteiger partial charge in [-0.15, -0.1) is 24.8 Å². The van der Waals surface area contributed by atoms with Crippen molar-refractivity contribution in [3.63, 3.8) is 0 Å². The Kier molecular flexibility index (Phi) is 8.77. The maximum Gasteiger partial charge on any atom is 0.327 e. The Morgan fingerprint density at radius 1 is 1.10 bits per heavy atom. The van der Waals surface area contributed by atoms with Crippen LogP contribution in [0.5, 0.6) is 0 Å². The number of benzene rings is 1. The maximum absolute atomic E-state index is 12.5. The zero-order chi connectivity index (χ0) is 20.4. The molecule has 8 nitrogen and oxygen atoms in total. The number of hydrogen-bond donors (Lipinski definition) is 4. The van der Waals surface area contributed by atoms with Gasteiger partial charge in [0.1, 0.15) is 11.3 Å². The summed E-state index contributed by atoms with van der Waals surface area (Å²) in [5, 5.41) is 3.00. The average molecular weight is 454 g/mol. The summed E-state index contributed by atoms with van der Waals surface area (Å²) >= 11 is 0. The van der Waals surface area contributed by atoms with E-state index in [1.165, 1.54) is 11.6 Å². The van der Waals surface area contributed by atoms with Crippen molar-refractivity contribution in [3.8, 4) is 0 Å². The summed E-state index contributed by atoms with van der Waals surface area (Å²) in [4.78, 5) is 44.6. The SMILES string of the molecule is Cc1cc(C(=O)NCC(N)c2ccc(C(C)C)cc2)nc2[nH]c(=O)[nH]c(=O)c12.Cl.Cl. The number of pyridine rings is 1. The summed E-state index contributed by atoms with van der Waals surface area (Å²) < 4.78 is 0. The Bertz CT molecular complexity index is 1140. The Morgan fingerprint density at radius 3 is 2.30 bits per heavy atom. The van der Waals surface area contributed by atoms with Crippen molar-refractivity contribution < 1.29 is 4.79 Å². The molecule has 2 heterocycles. The third-order valence-electron chi connectivity index (χ3n) is 4.65. The third-order valence-corrected chi connectivity index (χ3v) is 4.65. The van der Waals surface area contributed by atoms with E-state index in [9.17, 15) is 14.4 Å². The van der Waals surface area contributed by atoms with E-state index in [1.54, 1.807) is 6.92 Å². The lowest BCUT2D eigenvalue weighted by molar-refractivity contribution is 0.0946. The molecule has 1 aromatic carbocycles. The lowest BCUT2D eigenvalue weighted by Crippen LogP contribution is -2.33. The normalized spacial score (nSPS) is 11.5. The molecule has 1 unspecified atom stereocenters. The minimum atomic E-state index is -0.672. The number of halogens is 2. The molecule has 0 spiro atoms. The molecule has 0 radical (unpaired) electrons. The number of aryl methyl sites for hydroxylation is 1. The molecule has 1 atom stereocenters. The van der Waals surface area contributed by atoms with E-state index in [-0.39, 0.29) is 54.1 Å². The van der Waals surface area contributed by atoms with Gasteiger partial charge in [-0.1, -0.05) is 38.1 Å². The van der Waals surface area contributed by atoms with Crippen molar-refractivity contribution >= 4 is 41.8 Å². The first-order valence-corrected chi connectivity index (χ1v) is 9.04. The van der Waals surface area contributed by atoms with E-state index < -0.39 is 17.2 Å². The first-order valence-electron chi connectivity index (χ1n) is 9.04. The van der Waals surface area contributed by atoms with Crippen molar-refractivity contribution in [2.45, 2.75) is 32.7 Å². The van der Waals surface area contributed by atoms with E-state index in [1.807, 2.05) is 24.3 Å². The summed E-state index contributed by atoms with van der Waals surface area (Å²) in [5.41, 5.74) is 7.83. The Balaban J connectivity index is 0.00000225. The van der Waals surface area contributed by atoms with Gasteiger partial charge in [0.15, 0.2) is 0 Å². The van der Waals surface area contributed by atoms with Gasteiger partial charge in [-0.2, -0.15) is 0 Å². The molecule has 30 heavy (non-hydrogen) atoms. The molecular weight excluding hydrogens is 429 g/mol. The predicted molar refractivity (Wildman–Crippen MR) is 122 cm³/mol. The van der Waals surface area contributed by atoms with E-state index in [4.69, 9.17) is 5.73 Å². The van der Waals surface area contributed by atoms with Crippen LogP contribution in [0.25, 0.3) is 11.0 Å². The number of H-pyrrole nitrogens is 2. The fraction of sp³-hybridized carbons (Fsp3) is 0.300. The van der Waals surface area contributed by atoms with Crippen LogP contribution in [0.15, 0.2) is 39.9 Å². The molecule has 2 aromatic heterocycles. The molecule has 0 aliphatic heterocycles. The molecule has 0 saturated heterocycles. The van der Waals surface area contributed by atoms with Crippen LogP contribution in [-0.4, -0.2) is 27.4 Å². The number of aromatic nitrogens is 3. The second kappa shape index (κ2) is 10.4. The van der Waals surface area contributed by atoms with Crippen molar-refractivity contribution in [1.82, 2.24) is 20.3 Å². The number of nitrogens with two attached hydrogens (primary N) is 1. The van der Waals surface area contributed by atoms with Crippen LogP contribution >= 0.6 is 24.8 Å². The van der Waals surface area contributed by atoms with Crippen LogP contribution in [0, 0.1) is 6.92 Å². The van der Waals surface area contributed by atoms with Gasteiger partial charge in [0, 0.05) is 12.6 Å². The molecule has 0 aliphatic carbocycles. The standard InChI is InChI=1S/C20H23N5O3.2ClH/c1-10(2)12-4-6-13(7-5-12)14(21)9-22-18(26)15-8-11(3)16-17(23-15)24-20(28)25-19(16)27;;/h4-8,10,14H,9,21H2,1-3H3,(H,22,26)(H2,23,24,25,27,28);2*1H. The number of nitrogens with one attached hydrogen (secondary N) is 3. The minimum absolute atomic E-state index is 0. The average Bonchev–Trinajstić information content (AvgIpc) is 2.64. The van der Waals surface area contributed by atoms with Gasteiger partial charge in [-0.05, 0) is 35.6 Å².